The number of aromatic nitrogens is 1. The van der Waals surface area contributed by atoms with Gasteiger partial charge in [0.2, 0.25) is 5.91 Å². The lowest BCUT2D eigenvalue weighted by atomic mass is 10.1. The molecule has 1 saturated heterocycles. The Morgan fingerprint density at radius 1 is 1.10 bits per heavy atom. The van der Waals surface area contributed by atoms with Crippen molar-refractivity contribution in [3.8, 4) is 0 Å². The summed E-state index contributed by atoms with van der Waals surface area (Å²) in [4.78, 5) is 39.1. The monoisotopic (exact) mass is 421 g/mol. The van der Waals surface area contributed by atoms with E-state index in [4.69, 9.17) is 0 Å². The highest BCUT2D eigenvalue weighted by Crippen LogP contribution is 2.22. The molecular weight excluding hydrogens is 397 g/mol. The number of nitrogens with zero attached hydrogens (tertiary/aromatic N) is 2. The second-order valence-corrected chi connectivity index (χ2v) is 7.84. The summed E-state index contributed by atoms with van der Waals surface area (Å²) in [5, 5.41) is 3.98. The van der Waals surface area contributed by atoms with Crippen molar-refractivity contribution in [3.63, 3.8) is 0 Å². The van der Waals surface area contributed by atoms with Gasteiger partial charge < -0.3 is 14.8 Å². The van der Waals surface area contributed by atoms with Gasteiger partial charge in [-0.1, -0.05) is 6.07 Å². The van der Waals surface area contributed by atoms with Crippen LogP contribution in [0, 0.1) is 12.7 Å². The number of nitrogens with one attached hydrogen (secondary N) is 1. The van der Waals surface area contributed by atoms with Gasteiger partial charge in [-0.3, -0.25) is 14.4 Å². The van der Waals surface area contributed by atoms with Crippen LogP contribution in [0.3, 0.4) is 0 Å². The van der Waals surface area contributed by atoms with Crippen LogP contribution < -0.4 is 10.9 Å². The number of hydrogen-bond donors (Lipinski definition) is 1. The third kappa shape index (κ3) is 4.35. The van der Waals surface area contributed by atoms with E-state index in [1.54, 1.807) is 35.9 Å². The highest BCUT2D eigenvalue weighted by atomic mass is 19.1. The first-order valence-electron chi connectivity index (χ1n) is 10.4. The van der Waals surface area contributed by atoms with Crippen molar-refractivity contribution < 1.29 is 14.0 Å². The van der Waals surface area contributed by atoms with Crippen LogP contribution in [0.15, 0.2) is 53.5 Å². The number of likely N-dealkylation sites (tertiary alicyclic amines) is 1. The van der Waals surface area contributed by atoms with Crippen LogP contribution >= 0.6 is 0 Å². The molecule has 0 aliphatic carbocycles. The van der Waals surface area contributed by atoms with Crippen LogP contribution in [0.4, 0.5) is 10.1 Å². The van der Waals surface area contributed by atoms with Crippen molar-refractivity contribution in [2.45, 2.75) is 32.7 Å². The standard InChI is InChI=1S/C24H24FN3O3/c1-16-15-17(8-9-20(16)25)23(30)26-21-6-2-5-19-18(21)10-14-28(24(19)31)13-4-12-27-11-3-7-22(27)29/h2,5-6,8-10,14-15H,3-4,7,11-13H2,1H3,(H,26,30). The van der Waals surface area contributed by atoms with Gasteiger partial charge in [0.15, 0.2) is 0 Å². The summed E-state index contributed by atoms with van der Waals surface area (Å²) < 4.78 is 15.1. The average Bonchev–Trinajstić information content (AvgIpc) is 3.16. The first-order chi connectivity index (χ1) is 14.9. The van der Waals surface area contributed by atoms with Gasteiger partial charge in [0.25, 0.3) is 11.5 Å². The number of amides is 2. The van der Waals surface area contributed by atoms with Crippen molar-refractivity contribution in [1.82, 2.24) is 9.47 Å². The van der Waals surface area contributed by atoms with Gasteiger partial charge in [-0.25, -0.2) is 4.39 Å². The zero-order valence-corrected chi connectivity index (χ0v) is 17.4. The predicted molar refractivity (Wildman–Crippen MR) is 118 cm³/mol. The molecule has 1 aromatic heterocycles. The summed E-state index contributed by atoms with van der Waals surface area (Å²) in [6, 6.07) is 11.2. The third-order valence-electron chi connectivity index (χ3n) is 5.69. The van der Waals surface area contributed by atoms with Gasteiger partial charge in [0.1, 0.15) is 5.82 Å². The van der Waals surface area contributed by atoms with Crippen molar-refractivity contribution in [2.75, 3.05) is 18.4 Å². The maximum Gasteiger partial charge on any atom is 0.258 e. The van der Waals surface area contributed by atoms with Gasteiger partial charge >= 0.3 is 0 Å². The lowest BCUT2D eigenvalue weighted by Gasteiger charge is -2.16. The molecule has 0 bridgehead atoms. The molecule has 0 saturated carbocycles. The fourth-order valence-electron chi connectivity index (χ4n) is 3.96. The fourth-order valence-corrected chi connectivity index (χ4v) is 3.96. The molecule has 6 nitrogen and oxygen atoms in total. The number of pyridine rings is 1. The minimum atomic E-state index is -0.366. The third-order valence-corrected chi connectivity index (χ3v) is 5.69. The molecular formula is C24H24FN3O3. The number of fused-ring (bicyclic) bond motifs is 1. The minimum Gasteiger partial charge on any atom is -0.343 e. The summed E-state index contributed by atoms with van der Waals surface area (Å²) in [6.45, 7) is 3.56. The number of rotatable bonds is 6. The summed E-state index contributed by atoms with van der Waals surface area (Å²) in [5.41, 5.74) is 1.13. The van der Waals surface area contributed by atoms with E-state index in [0.717, 1.165) is 13.0 Å². The first-order valence-corrected chi connectivity index (χ1v) is 10.4. The number of carbonyl (C=O) groups excluding carboxylic acids is 2. The Labute approximate surface area is 179 Å². The van der Waals surface area contributed by atoms with Gasteiger partial charge in [0.05, 0.1) is 0 Å². The van der Waals surface area contributed by atoms with E-state index in [9.17, 15) is 18.8 Å². The summed E-state index contributed by atoms with van der Waals surface area (Å²) in [5.74, 6) is -0.547. The first kappa shape index (κ1) is 20.8. The molecule has 1 fully saturated rings. The maximum absolute atomic E-state index is 13.5. The van der Waals surface area contributed by atoms with Crippen molar-refractivity contribution in [3.05, 3.63) is 76.0 Å². The van der Waals surface area contributed by atoms with Crippen molar-refractivity contribution in [1.29, 1.82) is 0 Å². The predicted octanol–water partition coefficient (Wildman–Crippen LogP) is 3.71. The number of hydrogen-bond acceptors (Lipinski definition) is 3. The number of carbonyl (C=O) groups is 2. The Morgan fingerprint density at radius 2 is 1.94 bits per heavy atom. The van der Waals surface area contributed by atoms with Crippen molar-refractivity contribution in [2.24, 2.45) is 0 Å². The molecule has 3 aromatic rings. The maximum atomic E-state index is 13.5. The van der Waals surface area contributed by atoms with Crippen LogP contribution in [0.2, 0.25) is 0 Å². The summed E-state index contributed by atoms with van der Waals surface area (Å²) in [7, 11) is 0. The molecule has 0 atom stereocenters. The van der Waals surface area contributed by atoms with Crippen LogP contribution in [0.5, 0.6) is 0 Å². The molecule has 1 N–H and O–H groups in total. The quantitative estimate of drug-likeness (QED) is 0.660. The minimum absolute atomic E-state index is 0.140. The Morgan fingerprint density at radius 3 is 2.68 bits per heavy atom. The van der Waals surface area contributed by atoms with Crippen LogP contribution in [0.1, 0.15) is 35.2 Å². The van der Waals surface area contributed by atoms with E-state index in [0.29, 0.717) is 53.5 Å². The van der Waals surface area contributed by atoms with Gasteiger partial charge in [-0.05, 0) is 61.7 Å². The summed E-state index contributed by atoms with van der Waals surface area (Å²) in [6.07, 6.45) is 3.94. The second-order valence-electron chi connectivity index (χ2n) is 7.84. The van der Waals surface area contributed by atoms with E-state index >= 15 is 0 Å². The Kier molecular flexibility index (Phi) is 5.84. The zero-order valence-electron chi connectivity index (χ0n) is 17.4. The molecule has 160 valence electrons. The second kappa shape index (κ2) is 8.71. The summed E-state index contributed by atoms with van der Waals surface area (Å²) >= 11 is 0. The molecule has 0 spiro atoms. The Balaban J connectivity index is 1.52. The van der Waals surface area contributed by atoms with Crippen molar-refractivity contribution >= 4 is 28.3 Å². The van der Waals surface area contributed by atoms with Gasteiger partial charge in [-0.15, -0.1) is 0 Å². The van der Waals surface area contributed by atoms with E-state index in [1.807, 2.05) is 11.0 Å². The van der Waals surface area contributed by atoms with Gasteiger partial charge in [0, 0.05) is 54.3 Å². The molecule has 31 heavy (non-hydrogen) atoms. The number of anilines is 1. The molecule has 7 heteroatoms. The molecule has 2 amide bonds. The normalized spacial score (nSPS) is 13.7. The van der Waals surface area contributed by atoms with Crippen LogP contribution in [-0.2, 0) is 11.3 Å². The van der Waals surface area contributed by atoms with E-state index in [1.165, 1.54) is 18.2 Å². The lowest BCUT2D eigenvalue weighted by Crippen LogP contribution is -2.28. The Hall–Kier alpha value is -3.48. The number of benzene rings is 2. The smallest absolute Gasteiger partial charge is 0.258 e. The molecule has 1 aliphatic rings. The molecule has 2 heterocycles. The van der Waals surface area contributed by atoms with Crippen LogP contribution in [0.25, 0.3) is 10.8 Å². The van der Waals surface area contributed by atoms with Gasteiger partial charge in [-0.2, -0.15) is 0 Å². The highest BCUT2D eigenvalue weighted by molar-refractivity contribution is 6.09. The van der Waals surface area contributed by atoms with Crippen LogP contribution in [-0.4, -0.2) is 34.4 Å². The fraction of sp³-hybridized carbons (Fsp3) is 0.292. The topological polar surface area (TPSA) is 71.4 Å². The number of aryl methyl sites for hydroxylation is 2. The van der Waals surface area contributed by atoms with E-state index in [-0.39, 0.29) is 23.2 Å². The highest BCUT2D eigenvalue weighted by Gasteiger charge is 2.19. The van der Waals surface area contributed by atoms with E-state index < -0.39 is 0 Å². The largest absolute Gasteiger partial charge is 0.343 e. The average molecular weight is 421 g/mol. The molecule has 4 rings (SSSR count). The lowest BCUT2D eigenvalue weighted by molar-refractivity contribution is -0.127. The zero-order chi connectivity index (χ0) is 22.0. The Bertz CT molecular complexity index is 1220. The number of halogens is 1. The SMILES string of the molecule is Cc1cc(C(=O)Nc2cccc3c(=O)n(CCCN4CCCC4=O)ccc23)ccc1F. The molecule has 2 aromatic carbocycles. The molecule has 0 unspecified atom stereocenters. The molecule has 0 radical (unpaired) electrons. The van der Waals surface area contributed by atoms with E-state index in [2.05, 4.69) is 5.32 Å². The molecule has 1 aliphatic heterocycles.